The molecule has 1 rings (SSSR count). The van der Waals surface area contributed by atoms with E-state index in [1.54, 1.807) is 0 Å². The van der Waals surface area contributed by atoms with E-state index < -0.39 is 6.04 Å². The fraction of sp³-hybridized carbons (Fsp3) is 0.917. The molecule has 3 nitrogen and oxygen atoms in total. The molecule has 4 heteroatoms. The molecule has 0 radical (unpaired) electrons. The van der Waals surface area contributed by atoms with Crippen LogP contribution in [0.3, 0.4) is 0 Å². The number of hydrogen-bond donors (Lipinski definition) is 2. The van der Waals surface area contributed by atoms with Crippen LogP contribution in [0.25, 0.3) is 0 Å². The summed E-state index contributed by atoms with van der Waals surface area (Å²) >= 11 is 1.95. The molecular weight excluding hydrogens is 220 g/mol. The molecule has 1 amide bonds. The van der Waals surface area contributed by atoms with Crippen LogP contribution in [-0.4, -0.2) is 29.0 Å². The van der Waals surface area contributed by atoms with Crippen molar-refractivity contribution in [1.29, 1.82) is 0 Å². The van der Waals surface area contributed by atoms with Crippen molar-refractivity contribution in [3.63, 3.8) is 0 Å². The van der Waals surface area contributed by atoms with Crippen molar-refractivity contribution in [3.8, 4) is 0 Å². The van der Waals surface area contributed by atoms with Crippen molar-refractivity contribution < 1.29 is 4.79 Å². The van der Waals surface area contributed by atoms with E-state index in [4.69, 9.17) is 5.73 Å². The zero-order chi connectivity index (χ0) is 12.4. The van der Waals surface area contributed by atoms with Crippen LogP contribution in [0.5, 0.6) is 0 Å². The normalized spacial score (nSPS) is 27.8. The molecule has 0 bridgehead atoms. The highest BCUT2D eigenvalue weighted by Gasteiger charge is 2.32. The zero-order valence-corrected chi connectivity index (χ0v) is 11.6. The molecule has 1 saturated heterocycles. The van der Waals surface area contributed by atoms with E-state index in [-0.39, 0.29) is 16.1 Å². The molecule has 0 spiro atoms. The Bertz CT molecular complexity index is 254. The molecule has 2 atom stereocenters. The van der Waals surface area contributed by atoms with Crippen molar-refractivity contribution >= 4 is 17.7 Å². The summed E-state index contributed by atoms with van der Waals surface area (Å²) in [4.78, 5) is 11.8. The lowest BCUT2D eigenvalue weighted by atomic mass is 9.87. The molecule has 1 aliphatic rings. The van der Waals surface area contributed by atoms with Crippen LogP contribution in [0.15, 0.2) is 0 Å². The highest BCUT2D eigenvalue weighted by molar-refractivity contribution is 8.00. The van der Waals surface area contributed by atoms with E-state index in [0.29, 0.717) is 0 Å². The number of amides is 1. The number of thioether (sulfide) groups is 1. The third-order valence-corrected chi connectivity index (χ3v) is 4.69. The lowest BCUT2D eigenvalue weighted by Crippen LogP contribution is -2.51. The average molecular weight is 244 g/mol. The summed E-state index contributed by atoms with van der Waals surface area (Å²) in [7, 11) is 0. The van der Waals surface area contributed by atoms with E-state index in [0.717, 1.165) is 6.54 Å². The van der Waals surface area contributed by atoms with E-state index in [1.807, 2.05) is 32.5 Å². The SMILES string of the molecule is CC1(CNC(=O)[C@H](N)C(C)(C)C)CCCS1. The van der Waals surface area contributed by atoms with Crippen LogP contribution < -0.4 is 11.1 Å². The Kier molecular flexibility index (Phi) is 4.29. The van der Waals surface area contributed by atoms with Crippen LogP contribution in [-0.2, 0) is 4.79 Å². The Morgan fingerprint density at radius 2 is 2.19 bits per heavy atom. The van der Waals surface area contributed by atoms with Gasteiger partial charge in [0.15, 0.2) is 0 Å². The number of hydrogen-bond acceptors (Lipinski definition) is 3. The summed E-state index contributed by atoms with van der Waals surface area (Å²) in [5.74, 6) is 1.18. The molecular formula is C12H24N2OS. The van der Waals surface area contributed by atoms with Gasteiger partial charge in [0.2, 0.25) is 5.91 Å². The smallest absolute Gasteiger partial charge is 0.237 e. The number of carbonyl (C=O) groups excluding carboxylic acids is 1. The molecule has 1 heterocycles. The topological polar surface area (TPSA) is 55.1 Å². The largest absolute Gasteiger partial charge is 0.353 e. The van der Waals surface area contributed by atoms with Crippen LogP contribution >= 0.6 is 11.8 Å². The molecule has 94 valence electrons. The number of nitrogens with one attached hydrogen (secondary N) is 1. The summed E-state index contributed by atoms with van der Waals surface area (Å²) in [6.07, 6.45) is 2.44. The molecule has 0 saturated carbocycles. The van der Waals surface area contributed by atoms with Crippen molar-refractivity contribution in [2.75, 3.05) is 12.3 Å². The predicted octanol–water partition coefficient (Wildman–Crippen LogP) is 1.76. The molecule has 0 aliphatic carbocycles. The van der Waals surface area contributed by atoms with Gasteiger partial charge in [0.1, 0.15) is 0 Å². The quantitative estimate of drug-likeness (QED) is 0.795. The zero-order valence-electron chi connectivity index (χ0n) is 10.8. The van der Waals surface area contributed by atoms with Gasteiger partial charge in [0.05, 0.1) is 6.04 Å². The van der Waals surface area contributed by atoms with Crippen molar-refractivity contribution in [1.82, 2.24) is 5.32 Å². The number of carbonyl (C=O) groups is 1. The fourth-order valence-corrected chi connectivity index (χ4v) is 3.00. The second-order valence-corrected chi connectivity index (χ2v) is 7.65. The Labute approximate surface area is 103 Å². The second kappa shape index (κ2) is 4.96. The Balaban J connectivity index is 2.40. The molecule has 0 aromatic rings. The van der Waals surface area contributed by atoms with Gasteiger partial charge in [-0.2, -0.15) is 11.8 Å². The molecule has 3 N–H and O–H groups in total. The summed E-state index contributed by atoms with van der Waals surface area (Å²) in [5, 5.41) is 2.99. The van der Waals surface area contributed by atoms with E-state index in [1.165, 1.54) is 18.6 Å². The highest BCUT2D eigenvalue weighted by Crippen LogP contribution is 2.37. The first-order valence-electron chi connectivity index (χ1n) is 5.92. The fourth-order valence-electron chi connectivity index (χ4n) is 1.75. The van der Waals surface area contributed by atoms with Gasteiger partial charge in [-0.1, -0.05) is 20.8 Å². The predicted molar refractivity (Wildman–Crippen MR) is 70.5 cm³/mol. The maximum absolute atomic E-state index is 11.8. The maximum Gasteiger partial charge on any atom is 0.237 e. The third kappa shape index (κ3) is 3.67. The van der Waals surface area contributed by atoms with Gasteiger partial charge < -0.3 is 11.1 Å². The minimum atomic E-state index is -0.428. The lowest BCUT2D eigenvalue weighted by Gasteiger charge is -2.28. The standard InChI is InChI=1S/C12H24N2OS/c1-11(2,3)9(13)10(15)14-8-12(4)6-5-7-16-12/h9H,5-8,13H2,1-4H3,(H,14,15)/t9-,12?/m0/s1. The van der Waals surface area contributed by atoms with Gasteiger partial charge in [-0.05, 0) is 30.9 Å². The highest BCUT2D eigenvalue weighted by atomic mass is 32.2. The first-order chi connectivity index (χ1) is 7.25. The monoisotopic (exact) mass is 244 g/mol. The first kappa shape index (κ1) is 13.8. The summed E-state index contributed by atoms with van der Waals surface area (Å²) < 4.78 is 0.216. The molecule has 1 aliphatic heterocycles. The van der Waals surface area contributed by atoms with Crippen molar-refractivity contribution in [3.05, 3.63) is 0 Å². The lowest BCUT2D eigenvalue weighted by molar-refractivity contribution is -0.124. The summed E-state index contributed by atoms with van der Waals surface area (Å²) in [6, 6.07) is -0.428. The van der Waals surface area contributed by atoms with Gasteiger partial charge in [-0.3, -0.25) is 4.79 Å². The van der Waals surface area contributed by atoms with E-state index in [2.05, 4.69) is 12.2 Å². The molecule has 1 fully saturated rings. The third-order valence-electron chi connectivity index (χ3n) is 3.15. The number of rotatable bonds is 3. The van der Waals surface area contributed by atoms with Crippen LogP contribution in [0.4, 0.5) is 0 Å². The van der Waals surface area contributed by atoms with Crippen LogP contribution in [0.2, 0.25) is 0 Å². The van der Waals surface area contributed by atoms with Crippen molar-refractivity contribution in [2.45, 2.75) is 51.3 Å². The Morgan fingerprint density at radius 1 is 1.56 bits per heavy atom. The van der Waals surface area contributed by atoms with Gasteiger partial charge in [-0.15, -0.1) is 0 Å². The van der Waals surface area contributed by atoms with Crippen LogP contribution in [0.1, 0.15) is 40.5 Å². The molecule has 1 unspecified atom stereocenters. The van der Waals surface area contributed by atoms with Crippen molar-refractivity contribution in [2.24, 2.45) is 11.1 Å². The minimum Gasteiger partial charge on any atom is -0.353 e. The van der Waals surface area contributed by atoms with Gasteiger partial charge >= 0.3 is 0 Å². The maximum atomic E-state index is 11.8. The Morgan fingerprint density at radius 3 is 2.62 bits per heavy atom. The summed E-state index contributed by atoms with van der Waals surface area (Å²) in [6.45, 7) is 8.92. The Hall–Kier alpha value is -0.220. The summed E-state index contributed by atoms with van der Waals surface area (Å²) in [5.41, 5.74) is 5.73. The second-order valence-electron chi connectivity index (χ2n) is 5.96. The van der Waals surface area contributed by atoms with E-state index >= 15 is 0 Å². The van der Waals surface area contributed by atoms with Gasteiger partial charge in [0, 0.05) is 11.3 Å². The first-order valence-corrected chi connectivity index (χ1v) is 6.90. The minimum absolute atomic E-state index is 0.0266. The molecule has 0 aromatic carbocycles. The number of nitrogens with two attached hydrogens (primary N) is 1. The van der Waals surface area contributed by atoms with Gasteiger partial charge in [0.25, 0.3) is 0 Å². The average Bonchev–Trinajstić information content (AvgIpc) is 2.60. The molecule has 0 aromatic heterocycles. The van der Waals surface area contributed by atoms with Gasteiger partial charge in [-0.25, -0.2) is 0 Å². The van der Waals surface area contributed by atoms with E-state index in [9.17, 15) is 4.79 Å². The molecule has 16 heavy (non-hydrogen) atoms. The van der Waals surface area contributed by atoms with Crippen LogP contribution in [0, 0.1) is 5.41 Å².